The summed E-state index contributed by atoms with van der Waals surface area (Å²) in [7, 11) is 3.45. The molecule has 0 fully saturated rings. The van der Waals surface area contributed by atoms with Crippen LogP contribution in [0.3, 0.4) is 0 Å². The van der Waals surface area contributed by atoms with Gasteiger partial charge in [0.25, 0.3) is 0 Å². The Labute approximate surface area is 128 Å². The first kappa shape index (κ1) is 15.6. The van der Waals surface area contributed by atoms with Crippen LogP contribution in [0.2, 0.25) is 0 Å². The van der Waals surface area contributed by atoms with Crippen molar-refractivity contribution in [2.75, 3.05) is 24.8 Å². The molecule has 0 amide bonds. The van der Waals surface area contributed by atoms with E-state index in [1.807, 2.05) is 32.0 Å². The van der Waals surface area contributed by atoms with Crippen molar-refractivity contribution in [3.63, 3.8) is 0 Å². The van der Waals surface area contributed by atoms with E-state index in [2.05, 4.69) is 20.7 Å². The molecule has 0 spiro atoms. The highest BCUT2D eigenvalue weighted by molar-refractivity contribution is 5.74. The molecule has 1 heterocycles. The van der Waals surface area contributed by atoms with E-state index in [4.69, 9.17) is 0 Å². The van der Waals surface area contributed by atoms with Crippen LogP contribution in [-0.4, -0.2) is 34.0 Å². The third-order valence-electron chi connectivity index (χ3n) is 2.97. The Kier molecular flexibility index (Phi) is 4.52. The van der Waals surface area contributed by atoms with Crippen molar-refractivity contribution < 1.29 is 4.92 Å². The molecule has 2 aromatic rings. The molecular formula is C14H18N6O2. The molecule has 2 N–H and O–H groups in total. The number of rotatable bonds is 5. The van der Waals surface area contributed by atoms with Gasteiger partial charge in [0.2, 0.25) is 11.6 Å². The highest BCUT2D eigenvalue weighted by Crippen LogP contribution is 2.32. The predicted octanol–water partition coefficient (Wildman–Crippen LogP) is 2.63. The van der Waals surface area contributed by atoms with Gasteiger partial charge in [-0.2, -0.15) is 0 Å². The summed E-state index contributed by atoms with van der Waals surface area (Å²) in [5, 5.41) is 16.0. The van der Waals surface area contributed by atoms with Crippen molar-refractivity contribution in [1.29, 1.82) is 0 Å². The normalized spacial score (nSPS) is 10.6. The zero-order valence-corrected chi connectivity index (χ0v) is 12.9. The molecule has 1 aromatic carbocycles. The highest BCUT2D eigenvalue weighted by Gasteiger charge is 2.23. The van der Waals surface area contributed by atoms with E-state index in [0.29, 0.717) is 0 Å². The van der Waals surface area contributed by atoms with Crippen LogP contribution >= 0.6 is 0 Å². The number of nitro groups is 1. The fourth-order valence-electron chi connectivity index (χ4n) is 2.02. The van der Waals surface area contributed by atoms with Gasteiger partial charge in [-0.3, -0.25) is 15.5 Å². The van der Waals surface area contributed by atoms with Crippen molar-refractivity contribution >= 4 is 23.0 Å². The third-order valence-corrected chi connectivity index (χ3v) is 2.97. The number of aromatic nitrogens is 2. The molecule has 1 aromatic heterocycles. The fourth-order valence-corrected chi connectivity index (χ4v) is 2.02. The van der Waals surface area contributed by atoms with Crippen LogP contribution in [0.15, 0.2) is 24.5 Å². The standard InChI is InChI=1S/C14H18N6O2/c1-9-5-6-11(10(2)7-9)17-13-12(20(21)22)14(16-8-15-13)18-19(3)4/h5-8H,1-4H3,(H2,15,16,17,18). The zero-order chi connectivity index (χ0) is 16.3. The minimum atomic E-state index is -0.502. The summed E-state index contributed by atoms with van der Waals surface area (Å²) in [6, 6.07) is 5.80. The van der Waals surface area contributed by atoms with E-state index >= 15 is 0 Å². The number of hydrogen-bond acceptors (Lipinski definition) is 7. The first-order valence-corrected chi connectivity index (χ1v) is 6.66. The average molecular weight is 302 g/mol. The van der Waals surface area contributed by atoms with Crippen LogP contribution in [0, 0.1) is 24.0 Å². The number of hydrogen-bond donors (Lipinski definition) is 2. The third kappa shape index (κ3) is 3.47. The lowest BCUT2D eigenvalue weighted by molar-refractivity contribution is -0.383. The van der Waals surface area contributed by atoms with Gasteiger partial charge < -0.3 is 5.32 Å². The topological polar surface area (TPSA) is 96.2 Å². The number of benzene rings is 1. The molecule has 0 radical (unpaired) electrons. The van der Waals surface area contributed by atoms with Gasteiger partial charge in [0, 0.05) is 19.8 Å². The fraction of sp³-hybridized carbons (Fsp3) is 0.286. The summed E-state index contributed by atoms with van der Waals surface area (Å²) in [4.78, 5) is 18.8. The maximum absolute atomic E-state index is 11.4. The Morgan fingerprint density at radius 3 is 2.45 bits per heavy atom. The smallest absolute Gasteiger partial charge is 0.334 e. The Hall–Kier alpha value is -2.74. The lowest BCUT2D eigenvalue weighted by Crippen LogP contribution is -2.21. The molecular weight excluding hydrogens is 284 g/mol. The summed E-state index contributed by atoms with van der Waals surface area (Å²) in [5.74, 6) is 0.286. The van der Waals surface area contributed by atoms with Gasteiger partial charge in [-0.05, 0) is 25.5 Å². The molecule has 8 heteroatoms. The minimum Gasteiger partial charge on any atom is -0.334 e. The first-order chi connectivity index (χ1) is 10.4. The van der Waals surface area contributed by atoms with E-state index in [0.717, 1.165) is 16.8 Å². The maximum atomic E-state index is 11.4. The van der Waals surface area contributed by atoms with Crippen molar-refractivity contribution in [3.05, 3.63) is 45.8 Å². The van der Waals surface area contributed by atoms with Crippen molar-refractivity contribution in [1.82, 2.24) is 15.0 Å². The van der Waals surface area contributed by atoms with Crippen LogP contribution in [0.5, 0.6) is 0 Å². The summed E-state index contributed by atoms with van der Waals surface area (Å²) in [6.45, 7) is 3.92. The molecule has 2 rings (SSSR count). The van der Waals surface area contributed by atoms with Crippen molar-refractivity contribution in [2.24, 2.45) is 0 Å². The monoisotopic (exact) mass is 302 g/mol. The van der Waals surface area contributed by atoms with E-state index in [-0.39, 0.29) is 17.3 Å². The van der Waals surface area contributed by atoms with Crippen molar-refractivity contribution in [2.45, 2.75) is 13.8 Å². The second kappa shape index (κ2) is 6.35. The molecule has 0 unspecified atom stereocenters. The van der Waals surface area contributed by atoms with Crippen LogP contribution in [0.25, 0.3) is 0 Å². The van der Waals surface area contributed by atoms with Crippen molar-refractivity contribution in [3.8, 4) is 0 Å². The molecule has 0 saturated heterocycles. The molecule has 0 saturated carbocycles. The van der Waals surface area contributed by atoms with Crippen LogP contribution in [0.1, 0.15) is 11.1 Å². The molecule has 0 aliphatic heterocycles. The van der Waals surface area contributed by atoms with E-state index in [9.17, 15) is 10.1 Å². The molecule has 0 bridgehead atoms. The summed E-state index contributed by atoms with van der Waals surface area (Å²) >= 11 is 0. The summed E-state index contributed by atoms with van der Waals surface area (Å²) in [6.07, 6.45) is 1.28. The molecule has 0 aliphatic carbocycles. The van der Waals surface area contributed by atoms with Gasteiger partial charge in [0.15, 0.2) is 0 Å². The van der Waals surface area contributed by atoms with Gasteiger partial charge in [-0.15, -0.1) is 0 Å². The van der Waals surface area contributed by atoms with E-state index in [1.165, 1.54) is 6.33 Å². The Morgan fingerprint density at radius 1 is 1.18 bits per heavy atom. The zero-order valence-electron chi connectivity index (χ0n) is 12.9. The number of aryl methyl sites for hydroxylation is 2. The molecule has 0 atom stereocenters. The predicted molar refractivity (Wildman–Crippen MR) is 85.2 cm³/mol. The minimum absolute atomic E-state index is 0.136. The highest BCUT2D eigenvalue weighted by atomic mass is 16.6. The molecule has 22 heavy (non-hydrogen) atoms. The average Bonchev–Trinajstić information content (AvgIpc) is 2.41. The van der Waals surface area contributed by atoms with Gasteiger partial charge in [0.05, 0.1) is 4.92 Å². The number of nitrogens with zero attached hydrogens (tertiary/aromatic N) is 4. The Balaban J connectivity index is 2.44. The Morgan fingerprint density at radius 2 is 1.86 bits per heavy atom. The van der Waals surface area contributed by atoms with Crippen LogP contribution < -0.4 is 10.7 Å². The van der Waals surface area contributed by atoms with Gasteiger partial charge in [-0.25, -0.2) is 15.0 Å². The van der Waals surface area contributed by atoms with E-state index < -0.39 is 4.92 Å². The quantitative estimate of drug-likeness (QED) is 0.647. The molecule has 8 nitrogen and oxygen atoms in total. The van der Waals surface area contributed by atoms with Crippen LogP contribution in [0.4, 0.5) is 23.0 Å². The lowest BCUT2D eigenvalue weighted by atomic mass is 10.1. The van der Waals surface area contributed by atoms with Crippen LogP contribution in [-0.2, 0) is 0 Å². The van der Waals surface area contributed by atoms with Gasteiger partial charge in [-0.1, -0.05) is 17.7 Å². The molecule has 116 valence electrons. The lowest BCUT2D eigenvalue weighted by Gasteiger charge is -2.14. The molecule has 0 aliphatic rings. The SMILES string of the molecule is Cc1ccc(Nc2ncnc(NN(C)C)c2[N+](=O)[O-])c(C)c1. The maximum Gasteiger partial charge on any atom is 0.354 e. The number of hydrazine groups is 1. The second-order valence-corrected chi connectivity index (χ2v) is 5.13. The Bertz CT molecular complexity index is 702. The summed E-state index contributed by atoms with van der Waals surface area (Å²) < 4.78 is 0. The summed E-state index contributed by atoms with van der Waals surface area (Å²) in [5.41, 5.74) is 5.48. The largest absolute Gasteiger partial charge is 0.354 e. The number of anilines is 3. The number of nitrogens with one attached hydrogen (secondary N) is 2. The van der Waals surface area contributed by atoms with E-state index in [1.54, 1.807) is 19.1 Å². The van der Waals surface area contributed by atoms with Gasteiger partial charge >= 0.3 is 5.69 Å². The first-order valence-electron chi connectivity index (χ1n) is 6.66. The van der Waals surface area contributed by atoms with Gasteiger partial charge in [0.1, 0.15) is 6.33 Å². The second-order valence-electron chi connectivity index (χ2n) is 5.13.